The summed E-state index contributed by atoms with van der Waals surface area (Å²) in [4.78, 5) is 0. The van der Waals surface area contributed by atoms with Crippen LogP contribution in [0.25, 0.3) is 0 Å². The zero-order valence-electron chi connectivity index (χ0n) is 24.7. The van der Waals surface area contributed by atoms with Crippen LogP contribution in [0, 0.1) is 0 Å². The molecule has 0 radical (unpaired) electrons. The molecule has 2 aromatic rings. The van der Waals surface area contributed by atoms with E-state index in [1.54, 1.807) is 10.6 Å². The zero-order chi connectivity index (χ0) is 26.2. The molecule has 4 unspecified atom stereocenters. The summed E-state index contributed by atoms with van der Waals surface area (Å²) in [7, 11) is -0.857. The Morgan fingerprint density at radius 2 is 0.971 bits per heavy atom. The smallest absolute Gasteiger partial charge is 0.0486 e. The molecule has 0 heterocycles. The largest absolute Gasteiger partial charge is 0.747 e. The molecule has 9 heteroatoms. The van der Waals surface area contributed by atoms with Gasteiger partial charge < -0.3 is 29.6 Å². The number of rotatable bonds is 12. The average molecular weight is 659 g/mol. The molecule has 0 aliphatic heterocycles. The van der Waals surface area contributed by atoms with Crippen LogP contribution < -0.4 is 10.6 Å². The van der Waals surface area contributed by atoms with Crippen LogP contribution in [0.5, 0.6) is 0 Å². The van der Waals surface area contributed by atoms with E-state index >= 15 is 0 Å². The maximum atomic E-state index is 2.52. The van der Waals surface area contributed by atoms with Crippen molar-refractivity contribution in [1.29, 1.82) is 0 Å². The van der Waals surface area contributed by atoms with Crippen molar-refractivity contribution >= 4 is 74.7 Å². The maximum absolute atomic E-state index is 2.52. The Bertz CT molecular complexity index is 715. The summed E-state index contributed by atoms with van der Waals surface area (Å²) >= 11 is 0. The minimum absolute atomic E-state index is 0. The van der Waals surface area contributed by atoms with Gasteiger partial charge in [0.15, 0.2) is 0 Å². The van der Waals surface area contributed by atoms with E-state index in [9.17, 15) is 0 Å². The van der Waals surface area contributed by atoms with Gasteiger partial charge in [-0.3, -0.25) is 7.61 Å². The fourth-order valence-electron chi connectivity index (χ4n) is 3.18. The van der Waals surface area contributed by atoms with E-state index < -0.39 is 32.3 Å². The van der Waals surface area contributed by atoms with Gasteiger partial charge in [-0.15, -0.1) is 29.5 Å². The molecule has 0 saturated heterocycles. The average Bonchev–Trinajstić information content (AvgIpc) is 3.33. The van der Waals surface area contributed by atoms with Crippen molar-refractivity contribution in [2.75, 3.05) is 23.1 Å². The van der Waals surface area contributed by atoms with E-state index in [0.29, 0.717) is 0 Å². The third-order valence-corrected chi connectivity index (χ3v) is 36.8. The normalized spacial score (nSPS) is 15.2. The van der Waals surface area contributed by atoms with E-state index in [0.717, 1.165) is 0 Å². The van der Waals surface area contributed by atoms with Crippen molar-refractivity contribution in [2.24, 2.45) is 0 Å². The molecule has 4 atom stereocenters. The van der Waals surface area contributed by atoms with Gasteiger partial charge in [-0.2, -0.15) is 12.1 Å². The molecule has 35 heavy (non-hydrogen) atoms. The summed E-state index contributed by atoms with van der Waals surface area (Å²) in [6, 6.07) is 18.3. The Hall–Kier alpha value is 1.81. The van der Waals surface area contributed by atoms with Crippen molar-refractivity contribution in [3.63, 3.8) is 0 Å². The monoisotopic (exact) mass is 658 g/mol. The summed E-state index contributed by atoms with van der Waals surface area (Å²) in [5.41, 5.74) is 0. The summed E-state index contributed by atoms with van der Waals surface area (Å²) in [5, 5.41) is 3.33. The molecule has 0 bridgehead atoms. The molecule has 2 aromatic carbocycles. The van der Waals surface area contributed by atoms with Crippen LogP contribution in [0.4, 0.5) is 0 Å². The second-order valence-corrected chi connectivity index (χ2v) is 48.7. The minimum Gasteiger partial charge on any atom is -0.747 e. The van der Waals surface area contributed by atoms with Crippen molar-refractivity contribution in [1.82, 2.24) is 0 Å². The van der Waals surface area contributed by atoms with Crippen LogP contribution in [0.15, 0.2) is 48.5 Å². The van der Waals surface area contributed by atoms with E-state index in [1.165, 1.54) is 39.7 Å². The van der Waals surface area contributed by atoms with Crippen LogP contribution in [0.1, 0.15) is 0 Å². The van der Waals surface area contributed by atoms with Gasteiger partial charge in [-0.25, -0.2) is 12.1 Å². The molecular formula is C26H54FeP4Si4-6. The third-order valence-electron chi connectivity index (χ3n) is 4.78. The van der Waals surface area contributed by atoms with E-state index in [1.807, 2.05) is 0 Å². The summed E-state index contributed by atoms with van der Waals surface area (Å²) in [5.74, 6) is 6.09. The van der Waals surface area contributed by atoms with Gasteiger partial charge in [0.25, 0.3) is 0 Å². The van der Waals surface area contributed by atoms with Gasteiger partial charge in [-0.05, 0) is 17.4 Å². The molecule has 208 valence electrons. The van der Waals surface area contributed by atoms with Crippen LogP contribution in [0.3, 0.4) is 0 Å². The van der Waals surface area contributed by atoms with Crippen LogP contribution >= 0.6 is 31.8 Å². The third kappa shape index (κ3) is 19.5. The number of hydrogen-bond donors (Lipinski definition) is 0. The predicted molar refractivity (Wildman–Crippen MR) is 187 cm³/mol. The zero-order valence-corrected chi connectivity index (χ0v) is 33.6. The van der Waals surface area contributed by atoms with Gasteiger partial charge in [0.05, 0.1) is 0 Å². The molecule has 0 amide bonds. The Morgan fingerprint density at radius 1 is 0.600 bits per heavy atom. The molecule has 0 N–H and O–H groups in total. The molecule has 0 spiro atoms. The SMILES string of the molecule is C[Si](C)(C)CPP(C[Si](C)(C)C)[c-]1[cH-][cH-][cH-][cH-]1.C[Si](C)(C)CPP(C[Si](C)(C)C)[c-]1cccc1.[Fe]. The van der Waals surface area contributed by atoms with E-state index in [2.05, 4.69) is 127 Å². The standard InChI is InChI=1S/2C13H27P2Si2.Fe/c2*1-16(2,3)11-14-15(12-17(4,5)6)13-9-7-8-10-13;/h2*7-10,14H,11-12H2,1-6H3;/q-5;-1;. The van der Waals surface area contributed by atoms with Crippen LogP contribution in [-0.4, -0.2) is 55.4 Å². The van der Waals surface area contributed by atoms with Gasteiger partial charge in [0, 0.05) is 49.4 Å². The second-order valence-electron chi connectivity index (χ2n) is 14.4. The van der Waals surface area contributed by atoms with E-state index in [-0.39, 0.29) is 32.3 Å². The fourth-order valence-corrected chi connectivity index (χ4v) is 44.4. The van der Waals surface area contributed by atoms with E-state index in [4.69, 9.17) is 0 Å². The van der Waals surface area contributed by atoms with Gasteiger partial charge in [-0.1, -0.05) is 84.3 Å². The van der Waals surface area contributed by atoms with Crippen molar-refractivity contribution in [3.8, 4) is 0 Å². The summed E-state index contributed by atoms with van der Waals surface area (Å²) < 4.78 is 0. The molecule has 0 aliphatic carbocycles. The first-order valence-electron chi connectivity index (χ1n) is 12.8. The molecule has 0 aromatic heterocycles. The number of hydrogen-bond acceptors (Lipinski definition) is 0. The van der Waals surface area contributed by atoms with Crippen LogP contribution in [-0.2, 0) is 17.1 Å². The van der Waals surface area contributed by atoms with Gasteiger partial charge in [0.2, 0.25) is 0 Å². The first-order valence-corrected chi connectivity index (χ1v) is 34.8. The molecule has 0 aliphatic rings. The predicted octanol–water partition coefficient (Wildman–Crippen LogP) is 9.72. The molecule has 0 nitrogen and oxygen atoms in total. The van der Waals surface area contributed by atoms with Crippen molar-refractivity contribution in [2.45, 2.75) is 78.6 Å². The molecule has 2 rings (SSSR count). The maximum Gasteiger partial charge on any atom is 0.0486 e. The second kappa shape index (κ2) is 16.2. The Labute approximate surface area is 240 Å². The van der Waals surface area contributed by atoms with Crippen molar-refractivity contribution < 1.29 is 17.1 Å². The van der Waals surface area contributed by atoms with Crippen LogP contribution in [0.2, 0.25) is 78.6 Å². The molecule has 0 fully saturated rings. The summed E-state index contributed by atoms with van der Waals surface area (Å²) in [6.45, 7) is 30.2. The quantitative estimate of drug-likeness (QED) is 0.121. The molecular weight excluding hydrogens is 604 g/mol. The fraction of sp³-hybridized carbons (Fsp3) is 0.615. The first kappa shape index (κ1) is 36.8. The van der Waals surface area contributed by atoms with Gasteiger partial charge in [0.1, 0.15) is 0 Å². The Balaban J connectivity index is 0.000000642. The van der Waals surface area contributed by atoms with Gasteiger partial charge >= 0.3 is 0 Å². The first-order chi connectivity index (χ1) is 15.3. The summed E-state index contributed by atoms with van der Waals surface area (Å²) in [6.07, 6.45) is 0. The minimum atomic E-state index is -0.922. The van der Waals surface area contributed by atoms with Crippen molar-refractivity contribution in [3.05, 3.63) is 48.5 Å². The molecule has 0 saturated carbocycles. The Kier molecular flexibility index (Phi) is 17.0. The Morgan fingerprint density at radius 3 is 1.34 bits per heavy atom. The topological polar surface area (TPSA) is 0 Å².